The van der Waals surface area contributed by atoms with Crippen molar-refractivity contribution in [1.29, 1.82) is 0 Å². The highest BCUT2D eigenvalue weighted by molar-refractivity contribution is 5.95. The molecule has 0 bridgehead atoms. The molecule has 0 saturated carbocycles. The topological polar surface area (TPSA) is 21.5 Å². The Hall–Kier alpha value is -1.22. The van der Waals surface area contributed by atoms with E-state index < -0.39 is 0 Å². The maximum atomic E-state index is 12.8. The molecule has 2 unspecified atom stereocenters. The third-order valence-electron chi connectivity index (χ3n) is 3.96. The highest BCUT2D eigenvalue weighted by Gasteiger charge is 2.23. The van der Waals surface area contributed by atoms with Gasteiger partial charge in [0.05, 0.1) is 19.6 Å². The van der Waals surface area contributed by atoms with E-state index in [9.17, 15) is 9.18 Å². The monoisotopic (exact) mass is 250 g/mol. The lowest BCUT2D eigenvalue weighted by Crippen LogP contribution is -3.13. The Morgan fingerprint density at radius 1 is 1.33 bits per heavy atom. The summed E-state index contributed by atoms with van der Waals surface area (Å²) in [5.74, 6) is -0.156. The minimum atomic E-state index is -0.289. The van der Waals surface area contributed by atoms with Gasteiger partial charge in [-0.3, -0.25) is 4.79 Å². The molecule has 1 heterocycles. The molecule has 0 amide bonds. The summed E-state index contributed by atoms with van der Waals surface area (Å²) in [4.78, 5) is 13.5. The number of Topliss-reactive ketones (excluding diaryl/α,β-unsaturated/α-hetero) is 1. The summed E-state index contributed by atoms with van der Waals surface area (Å²) in [6, 6.07) is 6.48. The first-order valence-electron chi connectivity index (χ1n) is 6.78. The highest BCUT2D eigenvalue weighted by atomic mass is 19.1. The molecule has 1 aromatic carbocycles. The lowest BCUT2D eigenvalue weighted by Gasteiger charge is -2.29. The summed E-state index contributed by atoms with van der Waals surface area (Å²) in [6.07, 6.45) is 5.33. The van der Waals surface area contributed by atoms with Crippen LogP contribution in [0.3, 0.4) is 0 Å². The predicted molar refractivity (Wildman–Crippen MR) is 69.4 cm³/mol. The molecule has 2 nitrogen and oxygen atoms in total. The standard InChI is InChI=1S/C15H20FNO/c1-17-11-3-2-4-14(17)9-10-15(18)12-5-7-13(16)8-6-12/h5-8,14H,2-4,9-11H2,1H3/p+1. The van der Waals surface area contributed by atoms with Crippen molar-refractivity contribution in [1.82, 2.24) is 0 Å². The summed E-state index contributed by atoms with van der Waals surface area (Å²) in [5.41, 5.74) is 0.630. The zero-order valence-electron chi connectivity index (χ0n) is 10.9. The Bertz CT molecular complexity index is 401. The second-order valence-corrected chi connectivity index (χ2v) is 5.26. The first-order chi connectivity index (χ1) is 8.66. The zero-order chi connectivity index (χ0) is 13.0. The molecule has 1 aliphatic heterocycles. The van der Waals surface area contributed by atoms with Crippen molar-refractivity contribution in [2.24, 2.45) is 0 Å². The molecule has 1 aromatic rings. The van der Waals surface area contributed by atoms with Crippen molar-refractivity contribution >= 4 is 5.78 Å². The number of nitrogens with one attached hydrogen (secondary N) is 1. The van der Waals surface area contributed by atoms with E-state index in [4.69, 9.17) is 0 Å². The van der Waals surface area contributed by atoms with Crippen LogP contribution in [-0.2, 0) is 0 Å². The van der Waals surface area contributed by atoms with E-state index in [1.165, 1.54) is 37.9 Å². The molecule has 18 heavy (non-hydrogen) atoms. The van der Waals surface area contributed by atoms with E-state index in [1.807, 2.05) is 0 Å². The van der Waals surface area contributed by atoms with E-state index >= 15 is 0 Å². The number of piperidine rings is 1. The van der Waals surface area contributed by atoms with Crippen LogP contribution >= 0.6 is 0 Å². The molecule has 0 aromatic heterocycles. The lowest BCUT2D eigenvalue weighted by molar-refractivity contribution is -0.911. The quantitative estimate of drug-likeness (QED) is 0.809. The molecule has 0 radical (unpaired) electrons. The molecule has 98 valence electrons. The van der Waals surface area contributed by atoms with Crippen LogP contribution in [0.15, 0.2) is 24.3 Å². The van der Waals surface area contributed by atoms with Crippen LogP contribution in [0.1, 0.15) is 42.5 Å². The Morgan fingerprint density at radius 2 is 2.06 bits per heavy atom. The van der Waals surface area contributed by atoms with Gasteiger partial charge in [-0.15, -0.1) is 0 Å². The number of quaternary nitrogens is 1. The molecule has 2 atom stereocenters. The van der Waals surface area contributed by atoms with Crippen LogP contribution in [0.25, 0.3) is 0 Å². The van der Waals surface area contributed by atoms with Crippen LogP contribution in [0.2, 0.25) is 0 Å². The number of likely N-dealkylation sites (tertiary alicyclic amines) is 1. The number of rotatable bonds is 4. The molecule has 3 heteroatoms. The van der Waals surface area contributed by atoms with Gasteiger partial charge in [0.2, 0.25) is 0 Å². The fourth-order valence-electron chi connectivity index (χ4n) is 2.72. The third kappa shape index (κ3) is 3.39. The number of hydrogen-bond donors (Lipinski definition) is 1. The summed E-state index contributed by atoms with van der Waals surface area (Å²) >= 11 is 0. The number of halogens is 1. The maximum Gasteiger partial charge on any atom is 0.163 e. The molecule has 0 spiro atoms. The largest absolute Gasteiger partial charge is 0.335 e. The Labute approximate surface area is 108 Å². The van der Waals surface area contributed by atoms with Gasteiger partial charge in [-0.1, -0.05) is 0 Å². The Kier molecular flexibility index (Phi) is 4.48. The van der Waals surface area contributed by atoms with Gasteiger partial charge < -0.3 is 4.90 Å². The number of carbonyl (C=O) groups is 1. The van der Waals surface area contributed by atoms with Crippen LogP contribution in [0.4, 0.5) is 4.39 Å². The smallest absolute Gasteiger partial charge is 0.163 e. The molecule has 0 aliphatic carbocycles. The van der Waals surface area contributed by atoms with Gasteiger partial charge in [0.1, 0.15) is 5.82 Å². The second kappa shape index (κ2) is 6.10. The molecular formula is C15H21FNO+. The van der Waals surface area contributed by atoms with Crippen molar-refractivity contribution in [2.75, 3.05) is 13.6 Å². The van der Waals surface area contributed by atoms with E-state index in [0.29, 0.717) is 18.0 Å². The third-order valence-corrected chi connectivity index (χ3v) is 3.96. The minimum absolute atomic E-state index is 0.133. The molecule has 1 N–H and O–H groups in total. The summed E-state index contributed by atoms with van der Waals surface area (Å²) in [5, 5.41) is 0. The van der Waals surface area contributed by atoms with Crippen LogP contribution in [0, 0.1) is 5.82 Å². The van der Waals surface area contributed by atoms with Crippen molar-refractivity contribution in [3.05, 3.63) is 35.6 Å². The average Bonchev–Trinajstić information content (AvgIpc) is 2.38. The normalized spacial score (nSPS) is 23.9. The van der Waals surface area contributed by atoms with E-state index in [1.54, 1.807) is 17.0 Å². The highest BCUT2D eigenvalue weighted by Crippen LogP contribution is 2.12. The number of hydrogen-bond acceptors (Lipinski definition) is 1. The Balaban J connectivity index is 1.86. The fraction of sp³-hybridized carbons (Fsp3) is 0.533. The van der Waals surface area contributed by atoms with Crippen LogP contribution in [0.5, 0.6) is 0 Å². The molecule has 1 saturated heterocycles. The van der Waals surface area contributed by atoms with Crippen molar-refractivity contribution in [2.45, 2.75) is 38.1 Å². The first kappa shape index (κ1) is 13.2. The summed E-state index contributed by atoms with van der Waals surface area (Å²) in [7, 11) is 2.21. The zero-order valence-corrected chi connectivity index (χ0v) is 10.9. The summed E-state index contributed by atoms with van der Waals surface area (Å²) in [6.45, 7) is 1.22. The van der Waals surface area contributed by atoms with Crippen molar-refractivity contribution < 1.29 is 14.1 Å². The van der Waals surface area contributed by atoms with Gasteiger partial charge in [0, 0.05) is 18.4 Å². The predicted octanol–water partition coefficient (Wildman–Crippen LogP) is 1.86. The van der Waals surface area contributed by atoms with Crippen molar-refractivity contribution in [3.63, 3.8) is 0 Å². The molecule has 1 aliphatic rings. The maximum absolute atomic E-state index is 12.8. The average molecular weight is 250 g/mol. The van der Waals surface area contributed by atoms with Gasteiger partial charge >= 0.3 is 0 Å². The Morgan fingerprint density at radius 3 is 2.72 bits per heavy atom. The lowest BCUT2D eigenvalue weighted by atomic mass is 9.96. The fourth-order valence-corrected chi connectivity index (χ4v) is 2.72. The first-order valence-corrected chi connectivity index (χ1v) is 6.78. The molecular weight excluding hydrogens is 229 g/mol. The van der Waals surface area contributed by atoms with E-state index in [-0.39, 0.29) is 11.6 Å². The minimum Gasteiger partial charge on any atom is -0.335 e. The molecule has 1 fully saturated rings. The van der Waals surface area contributed by atoms with Gasteiger partial charge in [-0.2, -0.15) is 0 Å². The molecule has 2 rings (SSSR count). The van der Waals surface area contributed by atoms with E-state index in [0.717, 1.165) is 6.42 Å². The SMILES string of the molecule is C[NH+]1CCCCC1CCC(=O)c1ccc(F)cc1. The van der Waals surface area contributed by atoms with Crippen LogP contribution < -0.4 is 4.90 Å². The van der Waals surface area contributed by atoms with Gasteiger partial charge in [-0.25, -0.2) is 4.39 Å². The number of ketones is 1. The van der Waals surface area contributed by atoms with Gasteiger partial charge in [0.15, 0.2) is 5.78 Å². The van der Waals surface area contributed by atoms with E-state index in [2.05, 4.69) is 7.05 Å². The van der Waals surface area contributed by atoms with Crippen molar-refractivity contribution in [3.8, 4) is 0 Å². The van der Waals surface area contributed by atoms with Gasteiger partial charge in [0.25, 0.3) is 0 Å². The van der Waals surface area contributed by atoms with Gasteiger partial charge in [-0.05, 0) is 43.5 Å². The second-order valence-electron chi connectivity index (χ2n) is 5.26. The van der Waals surface area contributed by atoms with Crippen LogP contribution in [-0.4, -0.2) is 25.4 Å². The number of benzene rings is 1. The summed E-state index contributed by atoms with van der Waals surface area (Å²) < 4.78 is 12.8. The number of carbonyl (C=O) groups excluding carboxylic acids is 1.